The standard InChI is InChI=1S/C37H46O3/c1-25(24-39-27-14-10-7-11-15-27)29-17-18-30-28-16-19-32-35(2,3)33(40-34(38)26-12-8-6-9-13-26)21-23-37(32,5)31(28)20-22-36(29,30)4/h6-16,19,25,29,31-33H,17-18,20-24H2,1-5H3/t25-,29-,31+,32+,33+,36-,37-/m1/s1. The van der Waals surface area contributed by atoms with Crippen LogP contribution in [0.5, 0.6) is 5.75 Å². The Labute approximate surface area is 241 Å². The Balaban J connectivity index is 1.22. The van der Waals surface area contributed by atoms with Gasteiger partial charge in [0, 0.05) is 5.41 Å². The molecule has 0 N–H and O–H groups in total. The Morgan fingerprint density at radius 1 is 0.925 bits per heavy atom. The predicted octanol–water partition coefficient (Wildman–Crippen LogP) is 9.06. The van der Waals surface area contributed by atoms with Gasteiger partial charge in [0.15, 0.2) is 0 Å². The maximum absolute atomic E-state index is 13.0. The molecule has 0 bridgehead atoms. The Morgan fingerprint density at radius 3 is 2.35 bits per heavy atom. The average Bonchev–Trinajstić information content (AvgIpc) is 3.31. The van der Waals surface area contributed by atoms with Crippen molar-refractivity contribution in [3.63, 3.8) is 0 Å². The summed E-state index contributed by atoms with van der Waals surface area (Å²) in [6.45, 7) is 12.9. The molecule has 4 aliphatic rings. The van der Waals surface area contributed by atoms with Crippen molar-refractivity contribution in [1.82, 2.24) is 0 Å². The van der Waals surface area contributed by atoms with Crippen molar-refractivity contribution in [3.05, 3.63) is 89.5 Å². The second-order valence-electron chi connectivity index (χ2n) is 14.2. The first-order valence-electron chi connectivity index (χ1n) is 15.5. The van der Waals surface area contributed by atoms with Crippen LogP contribution >= 0.6 is 0 Å². The number of esters is 1. The zero-order valence-corrected chi connectivity index (χ0v) is 25.0. The molecule has 0 amide bonds. The lowest BCUT2D eigenvalue weighted by Gasteiger charge is -2.60. The number of carbonyl (C=O) groups excluding carboxylic acids is 1. The number of benzene rings is 2. The summed E-state index contributed by atoms with van der Waals surface area (Å²) in [4.78, 5) is 13.0. The Morgan fingerprint density at radius 2 is 1.62 bits per heavy atom. The third kappa shape index (κ3) is 4.45. The summed E-state index contributed by atoms with van der Waals surface area (Å²) in [5.41, 5.74) is 4.35. The van der Waals surface area contributed by atoms with E-state index in [9.17, 15) is 4.79 Å². The van der Waals surface area contributed by atoms with E-state index in [1.165, 1.54) is 25.7 Å². The summed E-state index contributed by atoms with van der Waals surface area (Å²) in [6, 6.07) is 19.7. The van der Waals surface area contributed by atoms with Gasteiger partial charge in [0.2, 0.25) is 0 Å². The lowest BCUT2D eigenvalue weighted by atomic mass is 9.46. The van der Waals surface area contributed by atoms with Crippen LogP contribution in [0.15, 0.2) is 84.0 Å². The number of para-hydroxylation sites is 1. The summed E-state index contributed by atoms with van der Waals surface area (Å²) in [5.74, 6) is 2.93. The van der Waals surface area contributed by atoms with Gasteiger partial charge in [-0.05, 0) is 103 Å². The van der Waals surface area contributed by atoms with Crippen LogP contribution in [0.3, 0.4) is 0 Å². The molecule has 0 aromatic heterocycles. The second-order valence-corrected chi connectivity index (χ2v) is 14.2. The maximum atomic E-state index is 13.0. The monoisotopic (exact) mass is 538 g/mol. The number of fused-ring (bicyclic) bond motifs is 4. The van der Waals surface area contributed by atoms with Gasteiger partial charge in [-0.25, -0.2) is 4.79 Å². The van der Waals surface area contributed by atoms with Crippen molar-refractivity contribution in [3.8, 4) is 5.75 Å². The lowest BCUT2D eigenvalue weighted by molar-refractivity contribution is -0.105. The van der Waals surface area contributed by atoms with E-state index in [0.29, 0.717) is 29.2 Å². The molecule has 4 aliphatic carbocycles. The zero-order valence-electron chi connectivity index (χ0n) is 25.0. The van der Waals surface area contributed by atoms with Crippen molar-refractivity contribution in [2.75, 3.05) is 6.61 Å². The first kappa shape index (κ1) is 27.4. The van der Waals surface area contributed by atoms with Crippen LogP contribution in [-0.2, 0) is 4.74 Å². The maximum Gasteiger partial charge on any atom is 0.338 e. The van der Waals surface area contributed by atoms with Crippen LogP contribution in [-0.4, -0.2) is 18.7 Å². The van der Waals surface area contributed by atoms with Crippen LogP contribution in [0.2, 0.25) is 0 Å². The molecule has 7 atom stereocenters. The van der Waals surface area contributed by atoms with E-state index >= 15 is 0 Å². The second kappa shape index (κ2) is 10.2. The highest BCUT2D eigenvalue weighted by Crippen LogP contribution is 2.66. The first-order chi connectivity index (χ1) is 19.1. The number of ether oxygens (including phenoxy) is 2. The first-order valence-corrected chi connectivity index (χ1v) is 15.5. The van der Waals surface area contributed by atoms with E-state index in [2.05, 4.69) is 58.9 Å². The SMILES string of the molecule is C[C@H](COc1ccccc1)[C@H]1CCC2=C3C=C[C@H]4C(C)(C)[C@@H](OC(=O)c5ccccc5)CC[C@]4(C)[C@H]3CC[C@@]21C. The number of carbonyl (C=O) groups is 1. The van der Waals surface area contributed by atoms with E-state index in [-0.39, 0.29) is 28.3 Å². The van der Waals surface area contributed by atoms with Gasteiger partial charge in [-0.1, -0.05) is 88.7 Å². The number of hydrogen-bond acceptors (Lipinski definition) is 3. The fraction of sp³-hybridized carbons (Fsp3) is 0.541. The van der Waals surface area contributed by atoms with Gasteiger partial charge in [-0.2, -0.15) is 0 Å². The number of allylic oxidation sites excluding steroid dienone is 4. The molecule has 212 valence electrons. The van der Waals surface area contributed by atoms with Crippen molar-refractivity contribution in [2.45, 2.75) is 79.2 Å². The van der Waals surface area contributed by atoms with E-state index in [1.807, 2.05) is 48.5 Å². The van der Waals surface area contributed by atoms with Crippen molar-refractivity contribution in [1.29, 1.82) is 0 Å². The van der Waals surface area contributed by atoms with Crippen LogP contribution in [0.4, 0.5) is 0 Å². The highest BCUT2D eigenvalue weighted by Gasteiger charge is 2.59. The van der Waals surface area contributed by atoms with Crippen molar-refractivity contribution >= 4 is 5.97 Å². The summed E-state index contributed by atoms with van der Waals surface area (Å²) in [5, 5.41) is 0. The van der Waals surface area contributed by atoms with Gasteiger partial charge in [0.1, 0.15) is 11.9 Å². The zero-order chi connectivity index (χ0) is 28.1. The fourth-order valence-corrected chi connectivity index (χ4v) is 9.48. The minimum Gasteiger partial charge on any atom is -0.493 e. The summed E-state index contributed by atoms with van der Waals surface area (Å²) >= 11 is 0. The molecule has 40 heavy (non-hydrogen) atoms. The smallest absolute Gasteiger partial charge is 0.338 e. The minimum atomic E-state index is -0.194. The summed E-state index contributed by atoms with van der Waals surface area (Å²) in [6.07, 6.45) is 11.9. The molecular weight excluding hydrogens is 492 g/mol. The molecule has 2 saturated carbocycles. The van der Waals surface area contributed by atoms with E-state index in [4.69, 9.17) is 9.47 Å². The van der Waals surface area contributed by atoms with Gasteiger partial charge in [0.25, 0.3) is 0 Å². The van der Waals surface area contributed by atoms with Gasteiger partial charge in [0.05, 0.1) is 12.2 Å². The van der Waals surface area contributed by atoms with Gasteiger partial charge < -0.3 is 9.47 Å². The molecule has 2 aromatic carbocycles. The van der Waals surface area contributed by atoms with E-state index < -0.39 is 0 Å². The summed E-state index contributed by atoms with van der Waals surface area (Å²) < 4.78 is 12.4. The molecule has 0 radical (unpaired) electrons. The average molecular weight is 539 g/mol. The lowest BCUT2D eigenvalue weighted by Crippen LogP contribution is -2.55. The molecule has 3 heteroatoms. The third-order valence-corrected chi connectivity index (χ3v) is 11.6. The van der Waals surface area contributed by atoms with E-state index in [0.717, 1.165) is 25.2 Å². The van der Waals surface area contributed by atoms with Crippen LogP contribution < -0.4 is 4.74 Å². The number of hydrogen-bond donors (Lipinski definition) is 0. The van der Waals surface area contributed by atoms with E-state index in [1.54, 1.807) is 11.1 Å². The van der Waals surface area contributed by atoms with Gasteiger partial charge in [-0.15, -0.1) is 0 Å². The predicted molar refractivity (Wildman–Crippen MR) is 161 cm³/mol. The normalized spacial score (nSPS) is 34.8. The van der Waals surface area contributed by atoms with Gasteiger partial charge >= 0.3 is 5.97 Å². The van der Waals surface area contributed by atoms with Crippen LogP contribution in [0, 0.1) is 39.9 Å². The molecule has 0 heterocycles. The highest BCUT2D eigenvalue weighted by atomic mass is 16.5. The quantitative estimate of drug-likeness (QED) is 0.344. The molecular formula is C37H46O3. The molecule has 0 saturated heterocycles. The Bertz CT molecular complexity index is 1290. The molecule has 0 spiro atoms. The molecule has 0 aliphatic heterocycles. The molecule has 2 fully saturated rings. The van der Waals surface area contributed by atoms with Crippen molar-refractivity contribution < 1.29 is 14.3 Å². The summed E-state index contributed by atoms with van der Waals surface area (Å²) in [7, 11) is 0. The minimum absolute atomic E-state index is 0.0766. The molecule has 6 rings (SSSR count). The Kier molecular flexibility index (Phi) is 7.00. The van der Waals surface area contributed by atoms with Gasteiger partial charge in [-0.3, -0.25) is 0 Å². The molecule has 0 unspecified atom stereocenters. The third-order valence-electron chi connectivity index (χ3n) is 11.6. The van der Waals surface area contributed by atoms with Crippen LogP contribution in [0.25, 0.3) is 0 Å². The topological polar surface area (TPSA) is 35.5 Å². The van der Waals surface area contributed by atoms with Crippen LogP contribution in [0.1, 0.15) is 83.5 Å². The molecule has 2 aromatic rings. The largest absolute Gasteiger partial charge is 0.493 e. The Hall–Kier alpha value is -2.81. The highest BCUT2D eigenvalue weighted by molar-refractivity contribution is 5.89. The number of rotatable bonds is 6. The molecule has 3 nitrogen and oxygen atoms in total. The fourth-order valence-electron chi connectivity index (χ4n) is 9.48. The van der Waals surface area contributed by atoms with Crippen molar-refractivity contribution in [2.24, 2.45) is 39.9 Å².